The van der Waals surface area contributed by atoms with E-state index < -0.39 is 17.0 Å². The molecule has 0 unspecified atom stereocenters. The molecule has 0 spiro atoms. The number of hydrogen-bond donors (Lipinski definition) is 0. The van der Waals surface area contributed by atoms with E-state index in [0.29, 0.717) is 23.5 Å². The van der Waals surface area contributed by atoms with Crippen LogP contribution in [0.3, 0.4) is 0 Å². The Morgan fingerprint density at radius 3 is 2.32 bits per heavy atom. The largest absolute Gasteiger partial charge is 0.444 e. The Labute approximate surface area is 167 Å². The van der Waals surface area contributed by atoms with Crippen molar-refractivity contribution in [1.29, 1.82) is 0 Å². The Bertz CT molecular complexity index is 853. The lowest BCUT2D eigenvalue weighted by molar-refractivity contribution is -0.387. The average molecular weight is 402 g/mol. The van der Waals surface area contributed by atoms with Crippen LogP contribution in [0.1, 0.15) is 35.9 Å². The molecule has 0 bridgehead atoms. The predicted molar refractivity (Wildman–Crippen MR) is 107 cm³/mol. The maximum absolute atomic E-state index is 12.9. The fourth-order valence-corrected chi connectivity index (χ4v) is 3.27. The van der Waals surface area contributed by atoms with Gasteiger partial charge >= 0.3 is 5.97 Å². The third-order valence-corrected chi connectivity index (χ3v) is 5.02. The summed E-state index contributed by atoms with van der Waals surface area (Å²) in [6, 6.07) is 12.9. The van der Waals surface area contributed by atoms with Crippen molar-refractivity contribution in [3.05, 3.63) is 69.8 Å². The van der Waals surface area contributed by atoms with E-state index in [0.717, 1.165) is 0 Å². The van der Waals surface area contributed by atoms with Gasteiger partial charge in [-0.15, -0.1) is 11.8 Å². The number of carbonyl (C=O) groups excluding carboxylic acids is 2. The Hall–Kier alpha value is -2.87. The highest BCUT2D eigenvalue weighted by Gasteiger charge is 2.29. The molecule has 0 heterocycles. The summed E-state index contributed by atoms with van der Waals surface area (Å²) in [4.78, 5) is 38.3. The summed E-state index contributed by atoms with van der Waals surface area (Å²) in [5, 5.41) is 11.3. The Kier molecular flexibility index (Phi) is 7.57. The molecule has 0 aromatic heterocycles. The number of benzene rings is 2. The molecule has 0 aliphatic heterocycles. The minimum absolute atomic E-state index is 0.0257. The van der Waals surface area contributed by atoms with E-state index in [1.165, 1.54) is 30.0 Å². The van der Waals surface area contributed by atoms with Crippen molar-refractivity contribution in [2.24, 2.45) is 0 Å². The van der Waals surface area contributed by atoms with Crippen molar-refractivity contribution in [2.45, 2.75) is 24.8 Å². The van der Waals surface area contributed by atoms with Crippen LogP contribution in [0.4, 0.5) is 5.69 Å². The zero-order valence-electron chi connectivity index (χ0n) is 16.0. The van der Waals surface area contributed by atoms with Gasteiger partial charge in [0.1, 0.15) is 0 Å². The average Bonchev–Trinajstić information content (AvgIpc) is 2.72. The third-order valence-electron chi connectivity index (χ3n) is 4.24. The van der Waals surface area contributed by atoms with E-state index in [-0.39, 0.29) is 17.2 Å². The number of hydrogen-bond acceptors (Lipinski definition) is 6. The highest BCUT2D eigenvalue weighted by molar-refractivity contribution is 7.98. The van der Waals surface area contributed by atoms with E-state index >= 15 is 0 Å². The van der Waals surface area contributed by atoms with E-state index in [4.69, 9.17) is 4.74 Å². The monoisotopic (exact) mass is 402 g/mol. The molecule has 2 aromatic carbocycles. The first kappa shape index (κ1) is 21.4. The molecule has 0 saturated heterocycles. The second-order valence-corrected chi connectivity index (χ2v) is 6.70. The van der Waals surface area contributed by atoms with Gasteiger partial charge in [0.2, 0.25) is 6.10 Å². The molecule has 0 aliphatic carbocycles. The summed E-state index contributed by atoms with van der Waals surface area (Å²) >= 11 is 1.22. The fraction of sp³-hybridized carbons (Fsp3) is 0.300. The normalized spacial score (nSPS) is 11.5. The molecule has 1 atom stereocenters. The van der Waals surface area contributed by atoms with Crippen LogP contribution in [0.2, 0.25) is 0 Å². The molecule has 2 rings (SSSR count). The van der Waals surface area contributed by atoms with Gasteiger partial charge in [-0.3, -0.25) is 14.9 Å². The third kappa shape index (κ3) is 4.89. The Morgan fingerprint density at radius 2 is 1.79 bits per heavy atom. The molecular formula is C20H22N2O5S. The van der Waals surface area contributed by atoms with Crippen LogP contribution in [0.5, 0.6) is 0 Å². The van der Waals surface area contributed by atoms with E-state index in [9.17, 15) is 19.7 Å². The number of ether oxygens (including phenoxy) is 1. The quantitative estimate of drug-likeness (QED) is 0.286. The minimum Gasteiger partial charge on any atom is -0.444 e. The number of carbonyl (C=O) groups is 2. The number of amides is 1. The SMILES string of the molecule is CCN(CC)C(=O)[C@H](OC(=O)c1ccc(SC)c([N+](=O)[O-])c1)c1ccccc1. The molecule has 0 saturated carbocycles. The summed E-state index contributed by atoms with van der Waals surface area (Å²) in [7, 11) is 0. The molecule has 148 valence electrons. The van der Waals surface area contributed by atoms with E-state index in [2.05, 4.69) is 0 Å². The zero-order chi connectivity index (χ0) is 20.7. The molecule has 0 aliphatic rings. The Balaban J connectivity index is 2.36. The maximum Gasteiger partial charge on any atom is 0.339 e. The molecule has 0 radical (unpaired) electrons. The molecule has 0 fully saturated rings. The second kappa shape index (κ2) is 9.89. The van der Waals surface area contributed by atoms with Gasteiger partial charge in [-0.05, 0) is 32.2 Å². The van der Waals surface area contributed by atoms with Crippen molar-refractivity contribution in [3.8, 4) is 0 Å². The number of nitro benzene ring substituents is 1. The number of likely N-dealkylation sites (N-methyl/N-ethyl adjacent to an activating group) is 1. The number of thioether (sulfide) groups is 1. The fourth-order valence-electron chi connectivity index (χ4n) is 2.72. The van der Waals surface area contributed by atoms with Crippen LogP contribution in [-0.4, -0.2) is 41.0 Å². The minimum atomic E-state index is -1.12. The second-order valence-electron chi connectivity index (χ2n) is 5.85. The smallest absolute Gasteiger partial charge is 0.339 e. The zero-order valence-corrected chi connectivity index (χ0v) is 16.8. The van der Waals surface area contributed by atoms with Crippen molar-refractivity contribution < 1.29 is 19.2 Å². The maximum atomic E-state index is 12.9. The topological polar surface area (TPSA) is 89.8 Å². The summed E-state index contributed by atoms with van der Waals surface area (Å²) in [5.74, 6) is -1.12. The Morgan fingerprint density at radius 1 is 1.14 bits per heavy atom. The lowest BCUT2D eigenvalue weighted by Crippen LogP contribution is -2.36. The van der Waals surface area contributed by atoms with Gasteiger partial charge < -0.3 is 9.64 Å². The first-order chi connectivity index (χ1) is 13.4. The van der Waals surface area contributed by atoms with Crippen LogP contribution in [0.15, 0.2) is 53.4 Å². The van der Waals surface area contributed by atoms with Crippen LogP contribution >= 0.6 is 11.8 Å². The molecule has 8 heteroatoms. The van der Waals surface area contributed by atoms with Crippen molar-refractivity contribution in [1.82, 2.24) is 4.90 Å². The van der Waals surface area contributed by atoms with Crippen molar-refractivity contribution >= 4 is 29.3 Å². The summed E-state index contributed by atoms with van der Waals surface area (Å²) in [6.45, 7) is 4.64. The van der Waals surface area contributed by atoms with Crippen LogP contribution in [0.25, 0.3) is 0 Å². The summed E-state index contributed by atoms with van der Waals surface area (Å²) < 4.78 is 5.52. The highest BCUT2D eigenvalue weighted by Crippen LogP contribution is 2.29. The van der Waals surface area contributed by atoms with Crippen molar-refractivity contribution in [3.63, 3.8) is 0 Å². The van der Waals surface area contributed by atoms with Gasteiger partial charge in [-0.25, -0.2) is 4.79 Å². The van der Waals surface area contributed by atoms with Gasteiger partial charge in [0.25, 0.3) is 11.6 Å². The number of rotatable bonds is 8. The van der Waals surface area contributed by atoms with Gasteiger partial charge in [0, 0.05) is 24.7 Å². The van der Waals surface area contributed by atoms with E-state index in [1.54, 1.807) is 41.5 Å². The van der Waals surface area contributed by atoms with Gasteiger partial charge in [0.15, 0.2) is 0 Å². The summed E-state index contributed by atoms with van der Waals surface area (Å²) in [6.07, 6.45) is 0.599. The predicted octanol–water partition coefficient (Wildman–Crippen LogP) is 4.08. The number of nitrogens with zero attached hydrogens (tertiary/aromatic N) is 2. The van der Waals surface area contributed by atoms with Crippen LogP contribution < -0.4 is 0 Å². The summed E-state index contributed by atoms with van der Waals surface area (Å²) in [5.41, 5.74) is 0.397. The standard InChI is InChI=1S/C20H22N2O5S/c1-4-21(5-2)19(23)18(14-9-7-6-8-10-14)27-20(24)15-11-12-17(28-3)16(13-15)22(25)26/h6-13,18H,4-5H2,1-3H3/t18-/m1/s1. The number of nitro groups is 1. The molecular weight excluding hydrogens is 380 g/mol. The van der Waals surface area contributed by atoms with Gasteiger partial charge in [0.05, 0.1) is 15.4 Å². The van der Waals surface area contributed by atoms with E-state index in [1.807, 2.05) is 13.8 Å². The van der Waals surface area contributed by atoms with Gasteiger partial charge in [-0.2, -0.15) is 0 Å². The molecule has 7 nitrogen and oxygen atoms in total. The lowest BCUT2D eigenvalue weighted by atomic mass is 10.1. The molecule has 2 aromatic rings. The number of esters is 1. The molecule has 0 N–H and O–H groups in total. The molecule has 28 heavy (non-hydrogen) atoms. The first-order valence-electron chi connectivity index (χ1n) is 8.80. The lowest BCUT2D eigenvalue weighted by Gasteiger charge is -2.25. The molecule has 1 amide bonds. The van der Waals surface area contributed by atoms with Crippen LogP contribution in [-0.2, 0) is 9.53 Å². The highest BCUT2D eigenvalue weighted by atomic mass is 32.2. The van der Waals surface area contributed by atoms with Crippen LogP contribution in [0, 0.1) is 10.1 Å². The van der Waals surface area contributed by atoms with Crippen molar-refractivity contribution in [2.75, 3.05) is 19.3 Å². The van der Waals surface area contributed by atoms with Gasteiger partial charge in [-0.1, -0.05) is 30.3 Å². The first-order valence-corrected chi connectivity index (χ1v) is 10.0.